The van der Waals surface area contributed by atoms with Crippen LogP contribution in [0.15, 0.2) is 29.1 Å². The summed E-state index contributed by atoms with van der Waals surface area (Å²) in [5.74, 6) is -0.141. The highest BCUT2D eigenvalue weighted by Gasteiger charge is 2.17. The molecule has 1 unspecified atom stereocenters. The fourth-order valence-corrected chi connectivity index (χ4v) is 2.60. The molecule has 6 heteroatoms. The van der Waals surface area contributed by atoms with Crippen molar-refractivity contribution < 1.29 is 9.90 Å². The topological polar surface area (TPSA) is 84.2 Å². The number of carbonyl (C=O) groups excluding carboxylic acids is 1. The lowest BCUT2D eigenvalue weighted by Gasteiger charge is -2.14. The molecule has 1 amide bonds. The maximum Gasteiger partial charge on any atom is 0.274 e. The second-order valence-electron chi connectivity index (χ2n) is 6.43. The summed E-state index contributed by atoms with van der Waals surface area (Å²) in [7, 11) is 0. The Labute approximate surface area is 141 Å². The van der Waals surface area contributed by atoms with Crippen molar-refractivity contribution >= 4 is 16.7 Å². The lowest BCUT2D eigenvalue weighted by atomic mass is 10.1. The Morgan fingerprint density at radius 2 is 1.96 bits per heavy atom. The zero-order valence-corrected chi connectivity index (χ0v) is 14.5. The molecule has 0 aliphatic heterocycles. The van der Waals surface area contributed by atoms with Gasteiger partial charge < -0.3 is 10.4 Å². The molecule has 0 fully saturated rings. The average molecular weight is 331 g/mol. The highest BCUT2D eigenvalue weighted by atomic mass is 16.3. The van der Waals surface area contributed by atoms with Crippen molar-refractivity contribution in [2.24, 2.45) is 5.92 Å². The fourth-order valence-electron chi connectivity index (χ4n) is 2.60. The van der Waals surface area contributed by atoms with Gasteiger partial charge in [0.05, 0.1) is 11.5 Å². The number of aliphatic hydroxyl groups is 1. The van der Waals surface area contributed by atoms with Crippen LogP contribution in [0, 0.1) is 5.92 Å². The molecule has 0 radical (unpaired) electrons. The van der Waals surface area contributed by atoms with Crippen LogP contribution in [0.1, 0.15) is 44.1 Å². The third-order valence-corrected chi connectivity index (χ3v) is 3.74. The summed E-state index contributed by atoms with van der Waals surface area (Å²) in [4.78, 5) is 25.0. The van der Waals surface area contributed by atoms with Crippen LogP contribution >= 0.6 is 0 Å². The summed E-state index contributed by atoms with van der Waals surface area (Å²) < 4.78 is 1.35. The van der Waals surface area contributed by atoms with E-state index in [0.29, 0.717) is 23.7 Å². The second kappa shape index (κ2) is 8.06. The molecule has 0 bridgehead atoms. The number of hydrogen-bond acceptors (Lipinski definition) is 4. The van der Waals surface area contributed by atoms with E-state index >= 15 is 0 Å². The predicted octanol–water partition coefficient (Wildman–Crippen LogP) is 1.94. The maximum atomic E-state index is 12.5. The van der Waals surface area contributed by atoms with Gasteiger partial charge in [-0.05, 0) is 18.4 Å². The Morgan fingerprint density at radius 3 is 2.58 bits per heavy atom. The number of amides is 1. The van der Waals surface area contributed by atoms with Gasteiger partial charge in [0.15, 0.2) is 5.69 Å². The van der Waals surface area contributed by atoms with Crippen LogP contribution in [0.3, 0.4) is 0 Å². The molecule has 1 heterocycles. The van der Waals surface area contributed by atoms with E-state index in [9.17, 15) is 14.7 Å². The zero-order valence-electron chi connectivity index (χ0n) is 14.5. The number of aliphatic hydroxyl groups excluding tert-OH is 1. The van der Waals surface area contributed by atoms with Gasteiger partial charge in [-0.2, -0.15) is 5.10 Å². The molecular weight excluding hydrogens is 306 g/mol. The van der Waals surface area contributed by atoms with Crippen LogP contribution in [0.25, 0.3) is 10.8 Å². The van der Waals surface area contributed by atoms with Gasteiger partial charge in [-0.15, -0.1) is 0 Å². The van der Waals surface area contributed by atoms with Crippen molar-refractivity contribution in [2.75, 3.05) is 6.54 Å². The summed E-state index contributed by atoms with van der Waals surface area (Å²) in [6.07, 6.45) is 0.894. The molecule has 0 saturated heterocycles. The smallest absolute Gasteiger partial charge is 0.274 e. The SMILES string of the molecule is CCCC(O)CNC(=O)c1nn(CC(C)C)c(=O)c2ccccc12. The molecule has 0 aliphatic carbocycles. The second-order valence-corrected chi connectivity index (χ2v) is 6.43. The van der Waals surface area contributed by atoms with Crippen molar-refractivity contribution in [1.82, 2.24) is 15.1 Å². The van der Waals surface area contributed by atoms with Crippen molar-refractivity contribution in [3.8, 4) is 0 Å². The van der Waals surface area contributed by atoms with E-state index in [4.69, 9.17) is 0 Å². The summed E-state index contributed by atoms with van der Waals surface area (Å²) >= 11 is 0. The third-order valence-electron chi connectivity index (χ3n) is 3.74. The molecule has 130 valence electrons. The van der Waals surface area contributed by atoms with Gasteiger partial charge in [-0.25, -0.2) is 4.68 Å². The lowest BCUT2D eigenvalue weighted by molar-refractivity contribution is 0.0904. The number of nitrogens with zero attached hydrogens (tertiary/aromatic N) is 2. The zero-order chi connectivity index (χ0) is 17.7. The van der Waals surface area contributed by atoms with Gasteiger partial charge in [0, 0.05) is 18.5 Å². The van der Waals surface area contributed by atoms with Gasteiger partial charge in [0.25, 0.3) is 11.5 Å². The van der Waals surface area contributed by atoms with E-state index < -0.39 is 6.10 Å². The Bertz CT molecular complexity index is 768. The van der Waals surface area contributed by atoms with Crippen molar-refractivity contribution in [2.45, 2.75) is 46.3 Å². The van der Waals surface area contributed by atoms with E-state index in [2.05, 4.69) is 10.4 Å². The van der Waals surface area contributed by atoms with Crippen LogP contribution in [-0.4, -0.2) is 33.4 Å². The first-order valence-corrected chi connectivity index (χ1v) is 8.40. The molecule has 1 atom stereocenters. The quantitative estimate of drug-likeness (QED) is 0.812. The predicted molar refractivity (Wildman–Crippen MR) is 94.1 cm³/mol. The van der Waals surface area contributed by atoms with Gasteiger partial charge in [0.1, 0.15) is 0 Å². The van der Waals surface area contributed by atoms with Gasteiger partial charge in [-0.3, -0.25) is 9.59 Å². The van der Waals surface area contributed by atoms with Crippen molar-refractivity contribution in [3.05, 3.63) is 40.3 Å². The molecule has 1 aromatic carbocycles. The minimum atomic E-state index is -0.577. The molecule has 1 aromatic heterocycles. The minimum absolute atomic E-state index is 0.173. The van der Waals surface area contributed by atoms with E-state index in [-0.39, 0.29) is 29.6 Å². The first-order valence-electron chi connectivity index (χ1n) is 8.40. The molecule has 2 N–H and O–H groups in total. The number of benzene rings is 1. The molecule has 24 heavy (non-hydrogen) atoms. The summed E-state index contributed by atoms with van der Waals surface area (Å²) in [5.41, 5.74) is 0.0245. The fraction of sp³-hybridized carbons (Fsp3) is 0.500. The van der Waals surface area contributed by atoms with Crippen molar-refractivity contribution in [1.29, 1.82) is 0 Å². The average Bonchev–Trinajstić information content (AvgIpc) is 2.55. The molecule has 6 nitrogen and oxygen atoms in total. The van der Waals surface area contributed by atoms with Gasteiger partial charge >= 0.3 is 0 Å². The summed E-state index contributed by atoms with van der Waals surface area (Å²) in [6, 6.07) is 6.98. The van der Waals surface area contributed by atoms with Gasteiger partial charge in [0.2, 0.25) is 0 Å². The number of nitrogens with one attached hydrogen (secondary N) is 1. The molecule has 2 rings (SSSR count). The van der Waals surface area contributed by atoms with Crippen LogP contribution in [-0.2, 0) is 6.54 Å². The first kappa shape index (κ1) is 18.1. The standard InChI is InChI=1S/C18H25N3O3/c1-4-7-13(22)10-19-17(23)16-14-8-5-6-9-15(14)18(24)21(20-16)11-12(2)3/h5-6,8-9,12-13,22H,4,7,10-11H2,1-3H3,(H,19,23). The van der Waals surface area contributed by atoms with E-state index in [1.807, 2.05) is 20.8 Å². The highest BCUT2D eigenvalue weighted by molar-refractivity contribution is 6.04. The monoisotopic (exact) mass is 331 g/mol. The molecule has 0 saturated carbocycles. The van der Waals surface area contributed by atoms with Crippen LogP contribution in [0.4, 0.5) is 0 Å². The van der Waals surface area contributed by atoms with E-state index in [0.717, 1.165) is 6.42 Å². The molecule has 0 spiro atoms. The minimum Gasteiger partial charge on any atom is -0.391 e. The number of aromatic nitrogens is 2. The molecule has 2 aromatic rings. The highest BCUT2D eigenvalue weighted by Crippen LogP contribution is 2.13. The Hall–Kier alpha value is -2.21. The van der Waals surface area contributed by atoms with Gasteiger partial charge in [-0.1, -0.05) is 45.4 Å². The third kappa shape index (κ3) is 4.20. The van der Waals surface area contributed by atoms with E-state index in [1.165, 1.54) is 4.68 Å². The molecule has 0 aliphatic rings. The Balaban J connectivity index is 2.39. The largest absolute Gasteiger partial charge is 0.391 e. The number of hydrogen-bond donors (Lipinski definition) is 2. The van der Waals surface area contributed by atoms with Crippen molar-refractivity contribution in [3.63, 3.8) is 0 Å². The van der Waals surface area contributed by atoms with Crippen LogP contribution in [0.5, 0.6) is 0 Å². The number of rotatable bonds is 7. The summed E-state index contributed by atoms with van der Waals surface area (Å²) in [6.45, 7) is 6.57. The first-order chi connectivity index (χ1) is 11.4. The van der Waals surface area contributed by atoms with E-state index in [1.54, 1.807) is 24.3 Å². The lowest BCUT2D eigenvalue weighted by Crippen LogP contribution is -2.35. The number of fused-ring (bicyclic) bond motifs is 1. The van der Waals surface area contributed by atoms with Crippen LogP contribution in [0.2, 0.25) is 0 Å². The molecular formula is C18H25N3O3. The Morgan fingerprint density at radius 1 is 1.29 bits per heavy atom. The maximum absolute atomic E-state index is 12.5. The number of carbonyl (C=O) groups is 1. The summed E-state index contributed by atoms with van der Waals surface area (Å²) in [5, 5.41) is 17.8. The Kier molecular flexibility index (Phi) is 6.09. The normalized spacial score (nSPS) is 12.5. The van der Waals surface area contributed by atoms with Crippen LogP contribution < -0.4 is 10.9 Å².